The van der Waals surface area contributed by atoms with Gasteiger partial charge in [0, 0.05) is 15.7 Å². The van der Waals surface area contributed by atoms with Crippen molar-refractivity contribution in [1.29, 1.82) is 0 Å². The average Bonchev–Trinajstić information content (AvgIpc) is 3.05. The van der Waals surface area contributed by atoms with Crippen LogP contribution in [0.1, 0.15) is 15.9 Å². The summed E-state index contributed by atoms with van der Waals surface area (Å²) < 4.78 is 5.66. The normalized spacial score (nSPS) is 13.0. The van der Waals surface area contributed by atoms with Gasteiger partial charge in [0.15, 0.2) is 0 Å². The molecule has 2 aromatic rings. The summed E-state index contributed by atoms with van der Waals surface area (Å²) in [6.07, 6.45) is -0.325. The van der Waals surface area contributed by atoms with E-state index in [9.17, 15) is 9.59 Å². The third kappa shape index (κ3) is 4.20. The van der Waals surface area contributed by atoms with E-state index in [1.54, 1.807) is 11.0 Å². The van der Waals surface area contributed by atoms with E-state index in [1.807, 2.05) is 42.5 Å². The first-order valence-electron chi connectivity index (χ1n) is 7.71. The summed E-state index contributed by atoms with van der Waals surface area (Å²) in [4.78, 5) is 25.1. The van der Waals surface area contributed by atoms with Crippen LogP contribution in [0.25, 0.3) is 0 Å². The van der Waals surface area contributed by atoms with Gasteiger partial charge in [-0.25, -0.2) is 4.79 Å². The van der Waals surface area contributed by atoms with Crippen molar-refractivity contribution in [1.82, 2.24) is 5.32 Å². The molecule has 5 nitrogen and oxygen atoms in total. The average molecular weight is 399 g/mol. The molecule has 3 rings (SSSR count). The third-order valence-corrected chi connectivity index (χ3v) is 4.32. The van der Waals surface area contributed by atoms with Crippen LogP contribution in [-0.4, -0.2) is 31.7 Å². The van der Waals surface area contributed by atoms with Crippen molar-refractivity contribution < 1.29 is 14.3 Å². The number of nitrogens with one attached hydrogen (secondary N) is 1. The summed E-state index contributed by atoms with van der Waals surface area (Å²) in [5.41, 5.74) is 2.17. The van der Waals surface area contributed by atoms with Crippen molar-refractivity contribution in [2.75, 3.05) is 24.6 Å². The molecule has 1 aliphatic rings. The monoisotopic (exact) mass is 398 g/mol. The SMILES string of the molecule is O=C(NCC#Cc1ccc(N2CCOC2=O)cc1)c1ccccc1Br. The number of halogens is 1. The smallest absolute Gasteiger partial charge is 0.414 e. The summed E-state index contributed by atoms with van der Waals surface area (Å²) in [6, 6.07) is 14.6. The Hall–Kier alpha value is -2.78. The minimum absolute atomic E-state index is 0.176. The van der Waals surface area contributed by atoms with Crippen LogP contribution in [0.15, 0.2) is 53.0 Å². The second kappa shape index (κ2) is 7.86. The second-order valence-corrected chi connectivity index (χ2v) is 6.13. The molecule has 1 N–H and O–H groups in total. The molecule has 0 saturated carbocycles. The number of amides is 2. The fraction of sp³-hybridized carbons (Fsp3) is 0.158. The first kappa shape index (κ1) is 17.1. The van der Waals surface area contributed by atoms with Gasteiger partial charge in [0.05, 0.1) is 18.7 Å². The molecule has 0 spiro atoms. The van der Waals surface area contributed by atoms with Crippen LogP contribution in [0.4, 0.5) is 10.5 Å². The van der Waals surface area contributed by atoms with Crippen molar-refractivity contribution >= 4 is 33.6 Å². The fourth-order valence-electron chi connectivity index (χ4n) is 2.36. The first-order valence-corrected chi connectivity index (χ1v) is 8.50. The lowest BCUT2D eigenvalue weighted by Gasteiger charge is -2.11. The van der Waals surface area contributed by atoms with Gasteiger partial charge < -0.3 is 10.1 Å². The Labute approximate surface area is 154 Å². The predicted molar refractivity (Wildman–Crippen MR) is 98.5 cm³/mol. The van der Waals surface area contributed by atoms with Crippen LogP contribution in [0.3, 0.4) is 0 Å². The Morgan fingerprint density at radius 3 is 2.64 bits per heavy atom. The number of anilines is 1. The first-order chi connectivity index (χ1) is 12.1. The fourth-order valence-corrected chi connectivity index (χ4v) is 2.83. The number of nitrogens with zero attached hydrogens (tertiary/aromatic N) is 1. The number of ether oxygens (including phenoxy) is 1. The van der Waals surface area contributed by atoms with Gasteiger partial charge in [0.1, 0.15) is 6.61 Å². The molecule has 25 heavy (non-hydrogen) atoms. The molecular formula is C19H15BrN2O3. The van der Waals surface area contributed by atoms with Crippen molar-refractivity contribution in [3.8, 4) is 11.8 Å². The summed E-state index contributed by atoms with van der Waals surface area (Å²) in [6.45, 7) is 1.23. The number of rotatable bonds is 3. The van der Waals surface area contributed by atoms with Crippen LogP contribution in [0, 0.1) is 11.8 Å². The van der Waals surface area contributed by atoms with Crippen molar-refractivity contribution in [3.63, 3.8) is 0 Å². The molecule has 0 aromatic heterocycles. The van der Waals surface area contributed by atoms with Crippen LogP contribution in [0.5, 0.6) is 0 Å². The zero-order valence-corrected chi connectivity index (χ0v) is 14.9. The molecule has 6 heteroatoms. The molecule has 2 amide bonds. The van der Waals surface area contributed by atoms with Crippen molar-refractivity contribution in [2.24, 2.45) is 0 Å². The number of cyclic esters (lactones) is 1. The standard InChI is InChI=1S/C19H15BrN2O3/c20-17-6-2-1-5-16(17)18(23)21-11-3-4-14-7-9-15(10-8-14)22-12-13-25-19(22)24/h1-2,5-10H,11-13H2,(H,21,23). The second-order valence-electron chi connectivity index (χ2n) is 5.28. The number of benzene rings is 2. The Kier molecular flexibility index (Phi) is 5.36. The van der Waals surface area contributed by atoms with Crippen molar-refractivity contribution in [2.45, 2.75) is 0 Å². The van der Waals surface area contributed by atoms with E-state index in [1.165, 1.54) is 0 Å². The molecule has 1 saturated heterocycles. The minimum atomic E-state index is -0.325. The lowest BCUT2D eigenvalue weighted by Crippen LogP contribution is -2.23. The van der Waals surface area contributed by atoms with Gasteiger partial charge in [0.25, 0.3) is 5.91 Å². The molecule has 0 radical (unpaired) electrons. The maximum absolute atomic E-state index is 12.0. The Bertz CT molecular complexity index is 853. The maximum Gasteiger partial charge on any atom is 0.414 e. The molecule has 0 bridgehead atoms. The van der Waals surface area contributed by atoms with E-state index in [-0.39, 0.29) is 18.5 Å². The van der Waals surface area contributed by atoms with E-state index in [0.717, 1.165) is 15.7 Å². The van der Waals surface area contributed by atoms with Crippen LogP contribution in [0.2, 0.25) is 0 Å². The number of carbonyl (C=O) groups is 2. The maximum atomic E-state index is 12.0. The summed E-state index contributed by atoms with van der Waals surface area (Å²) in [5, 5.41) is 2.76. The summed E-state index contributed by atoms with van der Waals surface area (Å²) >= 11 is 3.35. The Balaban J connectivity index is 1.56. The highest BCUT2D eigenvalue weighted by molar-refractivity contribution is 9.10. The quantitative estimate of drug-likeness (QED) is 0.807. The number of hydrogen-bond acceptors (Lipinski definition) is 3. The molecule has 1 fully saturated rings. The molecule has 0 aliphatic carbocycles. The highest BCUT2D eigenvalue weighted by atomic mass is 79.9. The van der Waals surface area contributed by atoms with Gasteiger partial charge in [0.2, 0.25) is 0 Å². The largest absolute Gasteiger partial charge is 0.447 e. The Morgan fingerprint density at radius 2 is 1.96 bits per heavy atom. The highest BCUT2D eigenvalue weighted by Gasteiger charge is 2.23. The topological polar surface area (TPSA) is 58.6 Å². The van der Waals surface area contributed by atoms with E-state index >= 15 is 0 Å². The molecule has 126 valence electrons. The summed E-state index contributed by atoms with van der Waals surface area (Å²) in [5.74, 6) is 5.72. The Morgan fingerprint density at radius 1 is 1.20 bits per heavy atom. The predicted octanol–water partition coefficient (Wildman–Crippen LogP) is 3.19. The zero-order valence-electron chi connectivity index (χ0n) is 13.3. The summed E-state index contributed by atoms with van der Waals surface area (Å²) in [7, 11) is 0. The van der Waals surface area contributed by atoms with Crippen molar-refractivity contribution in [3.05, 3.63) is 64.1 Å². The van der Waals surface area contributed by atoms with Crippen LogP contribution in [-0.2, 0) is 4.74 Å². The molecule has 0 unspecified atom stereocenters. The number of carbonyl (C=O) groups excluding carboxylic acids is 2. The zero-order chi connectivity index (χ0) is 17.6. The van der Waals surface area contributed by atoms with E-state index in [4.69, 9.17) is 4.74 Å². The number of hydrogen-bond donors (Lipinski definition) is 1. The van der Waals surface area contributed by atoms with Gasteiger partial charge in [-0.1, -0.05) is 24.0 Å². The van der Waals surface area contributed by atoms with E-state index in [0.29, 0.717) is 18.7 Å². The molecule has 1 aliphatic heterocycles. The van der Waals surface area contributed by atoms with Gasteiger partial charge in [-0.2, -0.15) is 0 Å². The van der Waals surface area contributed by atoms with Crippen LogP contribution >= 0.6 is 15.9 Å². The van der Waals surface area contributed by atoms with Gasteiger partial charge >= 0.3 is 6.09 Å². The molecule has 1 heterocycles. The third-order valence-electron chi connectivity index (χ3n) is 3.63. The van der Waals surface area contributed by atoms with Gasteiger partial charge in [-0.05, 0) is 52.3 Å². The van der Waals surface area contributed by atoms with Gasteiger partial charge in [-0.3, -0.25) is 9.69 Å². The molecule has 0 atom stereocenters. The van der Waals surface area contributed by atoms with Gasteiger partial charge in [-0.15, -0.1) is 0 Å². The lowest BCUT2D eigenvalue weighted by molar-refractivity contribution is 0.0958. The molecule has 2 aromatic carbocycles. The highest BCUT2D eigenvalue weighted by Crippen LogP contribution is 2.19. The lowest BCUT2D eigenvalue weighted by atomic mass is 10.2. The minimum Gasteiger partial charge on any atom is -0.447 e. The van der Waals surface area contributed by atoms with Crippen LogP contribution < -0.4 is 10.2 Å². The van der Waals surface area contributed by atoms with E-state index < -0.39 is 0 Å². The van der Waals surface area contributed by atoms with E-state index in [2.05, 4.69) is 33.1 Å². The molecular weight excluding hydrogens is 384 g/mol.